The summed E-state index contributed by atoms with van der Waals surface area (Å²) in [5.74, 6) is 0. The molecule has 19 heavy (non-hydrogen) atoms. The molecule has 2 atom stereocenters. The van der Waals surface area contributed by atoms with Crippen molar-refractivity contribution in [2.45, 2.75) is 67.5 Å². The Labute approximate surface area is 121 Å². The van der Waals surface area contributed by atoms with Crippen molar-refractivity contribution in [3.05, 3.63) is 0 Å². The molecule has 0 saturated heterocycles. The molecule has 0 aliphatic rings. The van der Waals surface area contributed by atoms with Crippen molar-refractivity contribution in [1.82, 2.24) is 10.2 Å². The molecule has 0 aromatic heterocycles. The average molecular weight is 271 g/mol. The van der Waals surface area contributed by atoms with Crippen LogP contribution in [0.1, 0.15) is 55.4 Å². The highest BCUT2D eigenvalue weighted by atomic mass is 15.2. The molecule has 116 valence electrons. The molecule has 3 N–H and O–H groups in total. The van der Waals surface area contributed by atoms with Gasteiger partial charge in [0, 0.05) is 38.3 Å². The lowest BCUT2D eigenvalue weighted by Gasteiger charge is -2.46. The van der Waals surface area contributed by atoms with E-state index < -0.39 is 0 Å². The minimum atomic E-state index is 0.299. The van der Waals surface area contributed by atoms with E-state index in [0.29, 0.717) is 29.5 Å². The molecule has 0 rings (SSSR count). The quantitative estimate of drug-likeness (QED) is 0.700. The standard InChI is InChI=1S/C16H37N3/c1-13(15(3,4)5)19(12-11-18-10-9-17)14(2)16(6,7)8/h13-14,18H,9-12,17H2,1-8H3. The highest BCUT2D eigenvalue weighted by Gasteiger charge is 2.33. The van der Waals surface area contributed by atoms with Gasteiger partial charge in [0.25, 0.3) is 0 Å². The molecular formula is C16H37N3. The third-order valence-corrected chi connectivity index (χ3v) is 4.37. The first kappa shape index (κ1) is 18.9. The van der Waals surface area contributed by atoms with E-state index in [9.17, 15) is 0 Å². The molecule has 0 radical (unpaired) electrons. The third-order valence-electron chi connectivity index (χ3n) is 4.37. The summed E-state index contributed by atoms with van der Waals surface area (Å²) < 4.78 is 0. The monoisotopic (exact) mass is 271 g/mol. The molecule has 3 nitrogen and oxygen atoms in total. The fourth-order valence-corrected chi connectivity index (χ4v) is 2.15. The van der Waals surface area contributed by atoms with Gasteiger partial charge in [-0.25, -0.2) is 0 Å². The summed E-state index contributed by atoms with van der Waals surface area (Å²) in [4.78, 5) is 2.64. The summed E-state index contributed by atoms with van der Waals surface area (Å²) in [6.07, 6.45) is 0. The van der Waals surface area contributed by atoms with Crippen molar-refractivity contribution in [3.63, 3.8) is 0 Å². The highest BCUT2D eigenvalue weighted by Crippen LogP contribution is 2.31. The largest absolute Gasteiger partial charge is 0.329 e. The van der Waals surface area contributed by atoms with Crippen LogP contribution in [0.15, 0.2) is 0 Å². The summed E-state index contributed by atoms with van der Waals surface area (Å²) in [5.41, 5.74) is 6.13. The number of hydrogen-bond acceptors (Lipinski definition) is 3. The van der Waals surface area contributed by atoms with Crippen LogP contribution in [0.4, 0.5) is 0 Å². The Balaban J connectivity index is 4.74. The van der Waals surface area contributed by atoms with Crippen molar-refractivity contribution < 1.29 is 0 Å². The molecular weight excluding hydrogens is 234 g/mol. The molecule has 0 aromatic rings. The normalized spacial score (nSPS) is 16.7. The van der Waals surface area contributed by atoms with Gasteiger partial charge in [0.15, 0.2) is 0 Å². The third kappa shape index (κ3) is 6.73. The predicted octanol–water partition coefficient (Wildman–Crippen LogP) is 2.71. The molecule has 0 amide bonds. The van der Waals surface area contributed by atoms with Gasteiger partial charge in [0.2, 0.25) is 0 Å². The maximum absolute atomic E-state index is 5.53. The van der Waals surface area contributed by atoms with E-state index in [0.717, 1.165) is 19.6 Å². The van der Waals surface area contributed by atoms with Crippen LogP contribution in [0, 0.1) is 10.8 Å². The molecule has 0 aliphatic heterocycles. The minimum absolute atomic E-state index is 0.299. The Morgan fingerprint density at radius 3 is 1.63 bits per heavy atom. The van der Waals surface area contributed by atoms with Gasteiger partial charge in [-0.05, 0) is 24.7 Å². The second-order valence-corrected chi connectivity index (χ2v) is 7.86. The second kappa shape index (κ2) is 7.61. The lowest BCUT2D eigenvalue weighted by atomic mass is 9.81. The maximum atomic E-state index is 5.53. The van der Waals surface area contributed by atoms with Crippen LogP contribution < -0.4 is 11.1 Å². The van der Waals surface area contributed by atoms with Crippen LogP contribution in [0.25, 0.3) is 0 Å². The van der Waals surface area contributed by atoms with E-state index in [4.69, 9.17) is 5.73 Å². The Morgan fingerprint density at radius 1 is 0.895 bits per heavy atom. The molecule has 0 aromatic carbocycles. The number of nitrogens with two attached hydrogens (primary N) is 1. The Bertz CT molecular complexity index is 217. The van der Waals surface area contributed by atoms with E-state index in [-0.39, 0.29) is 0 Å². The first-order chi connectivity index (χ1) is 8.51. The predicted molar refractivity (Wildman–Crippen MR) is 86.5 cm³/mol. The van der Waals surface area contributed by atoms with E-state index in [1.807, 2.05) is 0 Å². The summed E-state index contributed by atoms with van der Waals surface area (Å²) in [5, 5.41) is 3.41. The first-order valence-electron chi connectivity index (χ1n) is 7.68. The number of hydrogen-bond donors (Lipinski definition) is 2. The average Bonchev–Trinajstić information content (AvgIpc) is 2.25. The van der Waals surface area contributed by atoms with Crippen LogP contribution in [0.2, 0.25) is 0 Å². The van der Waals surface area contributed by atoms with Gasteiger partial charge >= 0.3 is 0 Å². The van der Waals surface area contributed by atoms with Crippen molar-refractivity contribution in [2.24, 2.45) is 16.6 Å². The highest BCUT2D eigenvalue weighted by molar-refractivity contribution is 4.87. The molecule has 0 bridgehead atoms. The van der Waals surface area contributed by atoms with Gasteiger partial charge in [-0.1, -0.05) is 41.5 Å². The Hall–Kier alpha value is -0.120. The Morgan fingerprint density at radius 2 is 1.32 bits per heavy atom. The lowest BCUT2D eigenvalue weighted by molar-refractivity contribution is 0.0290. The number of rotatable bonds is 7. The summed E-state index contributed by atoms with van der Waals surface area (Å²) in [6.45, 7) is 22.4. The van der Waals surface area contributed by atoms with Gasteiger partial charge in [-0.2, -0.15) is 0 Å². The Kier molecular flexibility index (Phi) is 7.56. The molecule has 0 saturated carbocycles. The SMILES string of the molecule is CC(N(CCNCCN)C(C)C(C)(C)C)C(C)(C)C. The van der Waals surface area contributed by atoms with E-state index in [2.05, 4.69) is 65.6 Å². The summed E-state index contributed by atoms with van der Waals surface area (Å²) in [7, 11) is 0. The van der Waals surface area contributed by atoms with Crippen LogP contribution >= 0.6 is 0 Å². The zero-order chi connectivity index (χ0) is 15.3. The van der Waals surface area contributed by atoms with Crippen molar-refractivity contribution >= 4 is 0 Å². The van der Waals surface area contributed by atoms with Crippen molar-refractivity contribution in [1.29, 1.82) is 0 Å². The summed E-state index contributed by atoms with van der Waals surface area (Å²) >= 11 is 0. The van der Waals surface area contributed by atoms with Crippen LogP contribution in [-0.4, -0.2) is 43.2 Å². The number of nitrogens with one attached hydrogen (secondary N) is 1. The van der Waals surface area contributed by atoms with Gasteiger partial charge in [-0.15, -0.1) is 0 Å². The fourth-order valence-electron chi connectivity index (χ4n) is 2.15. The van der Waals surface area contributed by atoms with Crippen LogP contribution in [-0.2, 0) is 0 Å². The minimum Gasteiger partial charge on any atom is -0.329 e. The second-order valence-electron chi connectivity index (χ2n) is 7.86. The molecule has 0 heterocycles. The van der Waals surface area contributed by atoms with E-state index in [1.54, 1.807) is 0 Å². The molecule has 0 fully saturated rings. The summed E-state index contributed by atoms with van der Waals surface area (Å²) in [6, 6.07) is 1.11. The topological polar surface area (TPSA) is 41.3 Å². The molecule has 0 spiro atoms. The van der Waals surface area contributed by atoms with Crippen LogP contribution in [0.3, 0.4) is 0 Å². The fraction of sp³-hybridized carbons (Fsp3) is 1.00. The zero-order valence-corrected chi connectivity index (χ0v) is 14.5. The maximum Gasteiger partial charge on any atom is 0.0119 e. The first-order valence-corrected chi connectivity index (χ1v) is 7.68. The number of nitrogens with zero attached hydrogens (tertiary/aromatic N) is 1. The van der Waals surface area contributed by atoms with E-state index in [1.165, 1.54) is 0 Å². The molecule has 2 unspecified atom stereocenters. The van der Waals surface area contributed by atoms with Gasteiger partial charge in [0.05, 0.1) is 0 Å². The van der Waals surface area contributed by atoms with Crippen molar-refractivity contribution in [3.8, 4) is 0 Å². The zero-order valence-electron chi connectivity index (χ0n) is 14.5. The van der Waals surface area contributed by atoms with Gasteiger partial charge < -0.3 is 11.1 Å². The van der Waals surface area contributed by atoms with Crippen molar-refractivity contribution in [2.75, 3.05) is 26.2 Å². The molecule has 3 heteroatoms. The van der Waals surface area contributed by atoms with Crippen LogP contribution in [0.5, 0.6) is 0 Å². The van der Waals surface area contributed by atoms with E-state index >= 15 is 0 Å². The smallest absolute Gasteiger partial charge is 0.0119 e. The van der Waals surface area contributed by atoms with Gasteiger partial charge in [-0.3, -0.25) is 4.90 Å². The molecule has 0 aliphatic carbocycles. The van der Waals surface area contributed by atoms with Gasteiger partial charge in [0.1, 0.15) is 0 Å². The lowest BCUT2D eigenvalue weighted by Crippen LogP contribution is -2.53.